The summed E-state index contributed by atoms with van der Waals surface area (Å²) in [6.07, 6.45) is 4.16. The van der Waals surface area contributed by atoms with E-state index in [2.05, 4.69) is 14.9 Å². The predicted molar refractivity (Wildman–Crippen MR) is 67.2 cm³/mol. The van der Waals surface area contributed by atoms with Crippen molar-refractivity contribution in [1.29, 1.82) is 0 Å². The maximum Gasteiger partial charge on any atom is 0.150 e. The van der Waals surface area contributed by atoms with Gasteiger partial charge in [0.1, 0.15) is 5.82 Å². The zero-order valence-corrected chi connectivity index (χ0v) is 10.7. The van der Waals surface area contributed by atoms with E-state index in [0.717, 1.165) is 48.5 Å². The monoisotopic (exact) mass is 239 g/mol. The van der Waals surface area contributed by atoms with Crippen molar-refractivity contribution in [2.24, 2.45) is 5.92 Å². The first kappa shape index (κ1) is 11.6. The second-order valence-corrected chi connectivity index (χ2v) is 4.88. The zero-order valence-electron chi connectivity index (χ0n) is 9.91. The van der Waals surface area contributed by atoms with Crippen molar-refractivity contribution < 1.29 is 0 Å². The molecule has 0 amide bonds. The normalized spacial score (nSPS) is 20.4. The van der Waals surface area contributed by atoms with Crippen LogP contribution >= 0.6 is 11.6 Å². The SMILES string of the molecule is Cc1cnc(C)c(N2CCC(CCCl)C2)n1. The van der Waals surface area contributed by atoms with Crippen molar-refractivity contribution in [3.63, 3.8) is 0 Å². The molecule has 3 nitrogen and oxygen atoms in total. The Morgan fingerprint density at radius 3 is 3.06 bits per heavy atom. The van der Waals surface area contributed by atoms with Gasteiger partial charge >= 0.3 is 0 Å². The standard InChI is InChI=1S/C12H18ClN3/c1-9-7-14-10(2)12(15-9)16-6-4-11(8-16)3-5-13/h7,11H,3-6,8H2,1-2H3. The van der Waals surface area contributed by atoms with Crippen molar-refractivity contribution in [2.75, 3.05) is 23.9 Å². The number of halogens is 1. The van der Waals surface area contributed by atoms with Crippen LogP contribution in [-0.2, 0) is 0 Å². The molecule has 0 spiro atoms. The molecule has 0 bridgehead atoms. The average molecular weight is 240 g/mol. The predicted octanol–water partition coefficient (Wildman–Crippen LogP) is 2.55. The van der Waals surface area contributed by atoms with Crippen molar-refractivity contribution in [3.05, 3.63) is 17.6 Å². The molecule has 1 aromatic rings. The molecule has 0 radical (unpaired) electrons. The third kappa shape index (κ3) is 2.46. The van der Waals surface area contributed by atoms with E-state index in [1.807, 2.05) is 20.0 Å². The molecule has 0 aliphatic carbocycles. The Bertz CT molecular complexity index is 367. The number of aromatic nitrogens is 2. The summed E-state index contributed by atoms with van der Waals surface area (Å²) in [5.74, 6) is 2.54. The lowest BCUT2D eigenvalue weighted by Crippen LogP contribution is -2.22. The Morgan fingerprint density at radius 1 is 1.50 bits per heavy atom. The molecule has 16 heavy (non-hydrogen) atoms. The number of alkyl halides is 1. The van der Waals surface area contributed by atoms with Crippen molar-refractivity contribution >= 4 is 17.4 Å². The Labute approximate surface area is 102 Å². The first-order valence-corrected chi connectivity index (χ1v) is 6.35. The number of rotatable bonds is 3. The minimum absolute atomic E-state index is 0.721. The van der Waals surface area contributed by atoms with Crippen LogP contribution in [0.3, 0.4) is 0 Å². The number of nitrogens with zero attached hydrogens (tertiary/aromatic N) is 3. The van der Waals surface area contributed by atoms with E-state index >= 15 is 0 Å². The van der Waals surface area contributed by atoms with Crippen molar-refractivity contribution in [1.82, 2.24) is 9.97 Å². The highest BCUT2D eigenvalue weighted by Gasteiger charge is 2.24. The summed E-state index contributed by atoms with van der Waals surface area (Å²) in [6, 6.07) is 0. The van der Waals surface area contributed by atoms with Crippen molar-refractivity contribution in [2.45, 2.75) is 26.7 Å². The lowest BCUT2D eigenvalue weighted by atomic mass is 10.1. The van der Waals surface area contributed by atoms with Crippen LogP contribution in [0.1, 0.15) is 24.2 Å². The second-order valence-electron chi connectivity index (χ2n) is 4.50. The van der Waals surface area contributed by atoms with E-state index in [1.165, 1.54) is 6.42 Å². The molecule has 0 N–H and O–H groups in total. The van der Waals surface area contributed by atoms with Crippen LogP contribution in [0.5, 0.6) is 0 Å². The summed E-state index contributed by atoms with van der Waals surface area (Å²) in [6.45, 7) is 6.17. The van der Waals surface area contributed by atoms with Crippen LogP contribution in [0.4, 0.5) is 5.82 Å². The van der Waals surface area contributed by atoms with Gasteiger partial charge in [-0.05, 0) is 32.6 Å². The Hall–Kier alpha value is -0.830. The lowest BCUT2D eigenvalue weighted by Gasteiger charge is -2.19. The molecule has 1 unspecified atom stereocenters. The third-order valence-electron chi connectivity index (χ3n) is 3.15. The first-order chi connectivity index (χ1) is 7.70. The summed E-state index contributed by atoms with van der Waals surface area (Å²) in [7, 11) is 0. The van der Waals surface area contributed by atoms with E-state index in [0.29, 0.717) is 0 Å². The minimum atomic E-state index is 0.721. The molecule has 1 aromatic heterocycles. The van der Waals surface area contributed by atoms with Crippen LogP contribution in [-0.4, -0.2) is 28.9 Å². The van der Waals surface area contributed by atoms with Gasteiger partial charge in [0.05, 0.1) is 11.4 Å². The molecular formula is C12H18ClN3. The highest BCUT2D eigenvalue weighted by Crippen LogP contribution is 2.26. The fraction of sp³-hybridized carbons (Fsp3) is 0.667. The van der Waals surface area contributed by atoms with Gasteiger partial charge in [-0.15, -0.1) is 11.6 Å². The number of aryl methyl sites for hydroxylation is 2. The largest absolute Gasteiger partial charge is 0.355 e. The molecule has 0 saturated carbocycles. The van der Waals surface area contributed by atoms with Gasteiger partial charge in [0.2, 0.25) is 0 Å². The topological polar surface area (TPSA) is 29.0 Å². The summed E-state index contributed by atoms with van der Waals surface area (Å²) in [4.78, 5) is 11.3. The lowest BCUT2D eigenvalue weighted by molar-refractivity contribution is 0.572. The van der Waals surface area contributed by atoms with Crippen LogP contribution < -0.4 is 4.90 Å². The summed E-state index contributed by atoms with van der Waals surface area (Å²) >= 11 is 5.79. The molecule has 0 aromatic carbocycles. The molecule has 2 rings (SSSR count). The van der Waals surface area contributed by atoms with Crippen LogP contribution in [0.15, 0.2) is 6.20 Å². The van der Waals surface area contributed by atoms with E-state index in [-0.39, 0.29) is 0 Å². The molecule has 1 aliphatic heterocycles. The molecule has 1 aliphatic rings. The van der Waals surface area contributed by atoms with E-state index in [9.17, 15) is 0 Å². The zero-order chi connectivity index (χ0) is 11.5. The summed E-state index contributed by atoms with van der Waals surface area (Å²) < 4.78 is 0. The maximum atomic E-state index is 5.79. The van der Waals surface area contributed by atoms with Gasteiger partial charge in [-0.1, -0.05) is 0 Å². The third-order valence-corrected chi connectivity index (χ3v) is 3.37. The molecule has 88 valence electrons. The minimum Gasteiger partial charge on any atom is -0.355 e. The van der Waals surface area contributed by atoms with Crippen LogP contribution in [0, 0.1) is 19.8 Å². The number of anilines is 1. The maximum absolute atomic E-state index is 5.79. The van der Waals surface area contributed by atoms with Gasteiger partial charge in [0, 0.05) is 25.2 Å². The molecular weight excluding hydrogens is 222 g/mol. The molecule has 2 heterocycles. The Balaban J connectivity index is 2.11. The quantitative estimate of drug-likeness (QED) is 0.760. The Morgan fingerprint density at radius 2 is 2.31 bits per heavy atom. The van der Waals surface area contributed by atoms with Crippen LogP contribution in [0.25, 0.3) is 0 Å². The summed E-state index contributed by atoms with van der Waals surface area (Å²) in [5.41, 5.74) is 2.01. The van der Waals surface area contributed by atoms with Gasteiger partial charge < -0.3 is 4.90 Å². The molecule has 4 heteroatoms. The first-order valence-electron chi connectivity index (χ1n) is 5.82. The van der Waals surface area contributed by atoms with Gasteiger partial charge in [-0.3, -0.25) is 4.98 Å². The van der Waals surface area contributed by atoms with E-state index < -0.39 is 0 Å². The van der Waals surface area contributed by atoms with Gasteiger partial charge in [-0.2, -0.15) is 0 Å². The van der Waals surface area contributed by atoms with E-state index in [1.54, 1.807) is 0 Å². The highest BCUT2D eigenvalue weighted by molar-refractivity contribution is 6.17. The summed E-state index contributed by atoms with van der Waals surface area (Å²) in [5, 5.41) is 0. The fourth-order valence-electron chi connectivity index (χ4n) is 2.24. The number of hydrogen-bond acceptors (Lipinski definition) is 3. The van der Waals surface area contributed by atoms with Gasteiger partial charge in [0.25, 0.3) is 0 Å². The average Bonchev–Trinajstić information content (AvgIpc) is 2.71. The van der Waals surface area contributed by atoms with Crippen molar-refractivity contribution in [3.8, 4) is 0 Å². The van der Waals surface area contributed by atoms with Gasteiger partial charge in [-0.25, -0.2) is 4.98 Å². The second kappa shape index (κ2) is 5.00. The number of hydrogen-bond donors (Lipinski definition) is 0. The Kier molecular flexibility index (Phi) is 3.64. The smallest absolute Gasteiger partial charge is 0.150 e. The molecule has 1 atom stereocenters. The van der Waals surface area contributed by atoms with Gasteiger partial charge in [0.15, 0.2) is 0 Å². The van der Waals surface area contributed by atoms with Crippen LogP contribution in [0.2, 0.25) is 0 Å². The van der Waals surface area contributed by atoms with E-state index in [4.69, 9.17) is 11.6 Å². The highest BCUT2D eigenvalue weighted by atomic mass is 35.5. The molecule has 1 saturated heterocycles. The fourth-order valence-corrected chi connectivity index (χ4v) is 2.55. The molecule has 1 fully saturated rings.